The number of imide groups is 1. The zero-order valence-electron chi connectivity index (χ0n) is 15.9. The van der Waals surface area contributed by atoms with E-state index in [1.165, 1.54) is 4.90 Å². The Labute approximate surface area is 192 Å². The van der Waals surface area contributed by atoms with Crippen LogP contribution in [0.15, 0.2) is 40.7 Å². The lowest BCUT2D eigenvalue weighted by Gasteiger charge is -2.19. The van der Waals surface area contributed by atoms with Gasteiger partial charge in [-0.15, -0.1) is 11.3 Å². The molecule has 1 aromatic heterocycles. The summed E-state index contributed by atoms with van der Waals surface area (Å²) in [5.41, 5.74) is 2.40. The second-order valence-corrected chi connectivity index (χ2v) is 10.7. The number of halogens is 2. The lowest BCUT2D eigenvalue weighted by Crippen LogP contribution is -2.30. The van der Waals surface area contributed by atoms with Crippen molar-refractivity contribution in [3.8, 4) is 0 Å². The van der Waals surface area contributed by atoms with Crippen LogP contribution in [-0.2, 0) is 15.3 Å². The Morgan fingerprint density at radius 1 is 1.03 bits per heavy atom. The standard InChI is InChI=1S/C22H18Cl2N2O2S2/c23-16-6-3-7-17(24)15(16)11-29-22-25-18-9-8-12(10-19(18)30-22)26-20(27)13-4-1-2-5-14(13)21(26)28/h3,6-10,13-14H,1-2,4-5,11H2/t13-,14-/m0/s1. The van der Waals surface area contributed by atoms with E-state index in [0.717, 1.165) is 45.8 Å². The van der Waals surface area contributed by atoms with Gasteiger partial charge in [0.25, 0.3) is 0 Å². The first-order valence-corrected chi connectivity index (χ1v) is 12.4. The highest BCUT2D eigenvalue weighted by Crippen LogP contribution is 2.42. The molecular weight excluding hydrogens is 459 g/mol. The molecule has 0 unspecified atom stereocenters. The third-order valence-electron chi connectivity index (χ3n) is 5.85. The largest absolute Gasteiger partial charge is 0.274 e. The van der Waals surface area contributed by atoms with Crippen LogP contribution in [0.5, 0.6) is 0 Å². The van der Waals surface area contributed by atoms with Gasteiger partial charge in [-0.25, -0.2) is 4.98 Å². The number of nitrogens with zero attached hydrogens (tertiary/aromatic N) is 2. The minimum atomic E-state index is -0.144. The number of hydrogen-bond acceptors (Lipinski definition) is 5. The number of fused-ring (bicyclic) bond motifs is 2. The first kappa shape index (κ1) is 20.3. The van der Waals surface area contributed by atoms with Crippen LogP contribution in [0.2, 0.25) is 10.0 Å². The maximum absolute atomic E-state index is 12.9. The fourth-order valence-electron chi connectivity index (χ4n) is 4.31. The molecule has 3 aromatic rings. The number of aromatic nitrogens is 1. The molecule has 1 saturated carbocycles. The first-order valence-electron chi connectivity index (χ1n) is 9.87. The number of benzene rings is 2. The van der Waals surface area contributed by atoms with E-state index < -0.39 is 0 Å². The smallest absolute Gasteiger partial charge is 0.237 e. The Kier molecular flexibility index (Phi) is 5.52. The molecule has 0 N–H and O–H groups in total. The summed E-state index contributed by atoms with van der Waals surface area (Å²) < 4.78 is 1.85. The summed E-state index contributed by atoms with van der Waals surface area (Å²) in [7, 11) is 0. The molecule has 2 fully saturated rings. The number of thiazole rings is 1. The van der Waals surface area contributed by atoms with Gasteiger partial charge in [0.15, 0.2) is 4.34 Å². The van der Waals surface area contributed by atoms with Crippen molar-refractivity contribution in [3.05, 3.63) is 52.0 Å². The van der Waals surface area contributed by atoms with Gasteiger partial charge in [0.1, 0.15) is 0 Å². The third-order valence-corrected chi connectivity index (χ3v) is 8.75. The van der Waals surface area contributed by atoms with E-state index in [0.29, 0.717) is 21.5 Å². The number of thioether (sulfide) groups is 1. The predicted octanol–water partition coefficient (Wildman–Crippen LogP) is 6.58. The van der Waals surface area contributed by atoms with E-state index in [9.17, 15) is 9.59 Å². The van der Waals surface area contributed by atoms with Crippen LogP contribution in [0.4, 0.5) is 5.69 Å². The van der Waals surface area contributed by atoms with Gasteiger partial charge in [-0.1, -0.05) is 53.9 Å². The summed E-state index contributed by atoms with van der Waals surface area (Å²) in [4.78, 5) is 31.8. The molecule has 0 radical (unpaired) electrons. The van der Waals surface area contributed by atoms with Crippen LogP contribution in [0.3, 0.4) is 0 Å². The van der Waals surface area contributed by atoms with Crippen LogP contribution in [0.25, 0.3) is 10.2 Å². The van der Waals surface area contributed by atoms with Crippen LogP contribution in [-0.4, -0.2) is 16.8 Å². The third kappa shape index (κ3) is 3.54. The van der Waals surface area contributed by atoms with Crippen LogP contribution in [0.1, 0.15) is 31.2 Å². The van der Waals surface area contributed by atoms with Crippen LogP contribution < -0.4 is 4.90 Å². The van der Waals surface area contributed by atoms with Gasteiger partial charge < -0.3 is 0 Å². The second kappa shape index (κ2) is 8.15. The minimum Gasteiger partial charge on any atom is -0.274 e. The van der Waals surface area contributed by atoms with Crippen molar-refractivity contribution in [2.45, 2.75) is 35.8 Å². The molecule has 2 aliphatic rings. The van der Waals surface area contributed by atoms with Crippen molar-refractivity contribution in [2.24, 2.45) is 11.8 Å². The molecule has 2 amide bonds. The predicted molar refractivity (Wildman–Crippen MR) is 124 cm³/mol. The fraction of sp³-hybridized carbons (Fsp3) is 0.318. The number of carbonyl (C=O) groups excluding carboxylic acids is 2. The Morgan fingerprint density at radius 3 is 2.37 bits per heavy atom. The number of hydrogen-bond donors (Lipinski definition) is 0. The van der Waals surface area contributed by atoms with Crippen molar-refractivity contribution in [3.63, 3.8) is 0 Å². The molecule has 2 aromatic carbocycles. The molecule has 4 nitrogen and oxygen atoms in total. The molecule has 1 saturated heterocycles. The van der Waals surface area contributed by atoms with Gasteiger partial charge in [-0.05, 0) is 48.7 Å². The molecule has 0 spiro atoms. The second-order valence-electron chi connectivity index (χ2n) is 7.63. The normalized spacial score (nSPS) is 21.5. The highest BCUT2D eigenvalue weighted by atomic mass is 35.5. The van der Waals surface area contributed by atoms with Crippen molar-refractivity contribution in [2.75, 3.05) is 4.90 Å². The van der Waals surface area contributed by atoms with E-state index in [-0.39, 0.29) is 23.7 Å². The monoisotopic (exact) mass is 476 g/mol. The average Bonchev–Trinajstić information content (AvgIpc) is 3.26. The molecule has 0 bridgehead atoms. The van der Waals surface area contributed by atoms with Crippen molar-refractivity contribution in [1.82, 2.24) is 4.98 Å². The average molecular weight is 477 g/mol. The molecule has 2 heterocycles. The summed E-state index contributed by atoms with van der Waals surface area (Å²) in [6.07, 6.45) is 3.69. The summed E-state index contributed by atoms with van der Waals surface area (Å²) in [6.45, 7) is 0. The van der Waals surface area contributed by atoms with E-state index in [1.54, 1.807) is 23.1 Å². The molecule has 1 aliphatic heterocycles. The highest BCUT2D eigenvalue weighted by Gasteiger charge is 2.48. The van der Waals surface area contributed by atoms with E-state index in [2.05, 4.69) is 4.98 Å². The van der Waals surface area contributed by atoms with E-state index >= 15 is 0 Å². The van der Waals surface area contributed by atoms with Crippen molar-refractivity contribution < 1.29 is 9.59 Å². The van der Waals surface area contributed by atoms with Crippen LogP contribution in [0, 0.1) is 11.8 Å². The fourth-order valence-corrected chi connectivity index (χ4v) is 7.16. The van der Waals surface area contributed by atoms with Gasteiger partial charge in [-0.3, -0.25) is 14.5 Å². The maximum Gasteiger partial charge on any atom is 0.237 e. The van der Waals surface area contributed by atoms with Gasteiger partial charge in [0.2, 0.25) is 11.8 Å². The van der Waals surface area contributed by atoms with Crippen molar-refractivity contribution >= 4 is 74.0 Å². The topological polar surface area (TPSA) is 50.3 Å². The number of anilines is 1. The minimum absolute atomic E-state index is 0.0449. The molecule has 2 atom stereocenters. The molecule has 5 rings (SSSR count). The molecule has 30 heavy (non-hydrogen) atoms. The first-order chi connectivity index (χ1) is 14.5. The van der Waals surface area contributed by atoms with E-state index in [4.69, 9.17) is 23.2 Å². The highest BCUT2D eigenvalue weighted by molar-refractivity contribution is 8.00. The SMILES string of the molecule is O=C1[C@H]2CCCC[C@@H]2C(=O)N1c1ccc2nc(SCc3c(Cl)cccc3Cl)sc2c1. The number of rotatable bonds is 4. The quantitative estimate of drug-likeness (QED) is 0.315. The summed E-state index contributed by atoms with van der Waals surface area (Å²) in [6, 6.07) is 11.1. The van der Waals surface area contributed by atoms with Crippen molar-refractivity contribution in [1.29, 1.82) is 0 Å². The summed E-state index contributed by atoms with van der Waals surface area (Å²) >= 11 is 15.6. The maximum atomic E-state index is 12.9. The lowest BCUT2D eigenvalue weighted by atomic mass is 9.81. The zero-order valence-corrected chi connectivity index (χ0v) is 19.1. The van der Waals surface area contributed by atoms with E-state index in [1.807, 2.05) is 36.4 Å². The number of carbonyl (C=O) groups is 2. The van der Waals surface area contributed by atoms with Gasteiger partial charge in [0.05, 0.1) is 27.7 Å². The summed E-state index contributed by atoms with van der Waals surface area (Å²) in [5, 5.41) is 1.29. The molecule has 1 aliphatic carbocycles. The summed E-state index contributed by atoms with van der Waals surface area (Å²) in [5.74, 6) is 0.246. The Morgan fingerprint density at radius 2 is 1.70 bits per heavy atom. The Hall–Kier alpha value is -1.60. The zero-order chi connectivity index (χ0) is 20.8. The molecule has 154 valence electrons. The number of amides is 2. The molecular formula is C22H18Cl2N2O2S2. The van der Waals surface area contributed by atoms with Gasteiger partial charge in [-0.2, -0.15) is 0 Å². The lowest BCUT2D eigenvalue weighted by molar-refractivity contribution is -0.122. The van der Waals surface area contributed by atoms with Crippen LogP contribution >= 0.6 is 46.3 Å². The van der Waals surface area contributed by atoms with Gasteiger partial charge in [0, 0.05) is 15.8 Å². The molecule has 8 heteroatoms. The Balaban J connectivity index is 1.39. The Bertz CT molecular complexity index is 1120. The van der Waals surface area contributed by atoms with Gasteiger partial charge >= 0.3 is 0 Å².